The maximum Gasteiger partial charge on any atom is 0.338 e. The molecule has 0 fully saturated rings. The Morgan fingerprint density at radius 2 is 1.97 bits per heavy atom. The first-order valence-electron chi connectivity index (χ1n) is 9.62. The summed E-state index contributed by atoms with van der Waals surface area (Å²) >= 11 is 0. The molecule has 1 atom stereocenters. The fourth-order valence-electron chi connectivity index (χ4n) is 3.58. The van der Waals surface area contributed by atoms with E-state index in [4.69, 9.17) is 18.9 Å². The Hall–Kier alpha value is -3.59. The number of nitrogens with one attached hydrogen (secondary N) is 1. The first kappa shape index (κ1) is 20.7. The molecule has 2 aliphatic rings. The summed E-state index contributed by atoms with van der Waals surface area (Å²) in [6.45, 7) is 1.94. The number of hydrogen-bond acceptors (Lipinski definition) is 6. The highest BCUT2D eigenvalue weighted by atomic mass is 19.1. The van der Waals surface area contributed by atoms with E-state index in [1.54, 1.807) is 31.2 Å². The topological polar surface area (TPSA) is 86.3 Å². The Morgan fingerprint density at radius 1 is 1.19 bits per heavy atom. The first-order chi connectivity index (χ1) is 15.0. The predicted octanol–water partition coefficient (Wildman–Crippen LogP) is 3.29. The number of hydrogen-bond donors (Lipinski definition) is 1. The Labute approximate surface area is 178 Å². The Morgan fingerprint density at radius 3 is 2.74 bits per heavy atom. The normalized spacial score (nSPS) is 17.6. The third kappa shape index (κ3) is 3.91. The summed E-state index contributed by atoms with van der Waals surface area (Å²) in [4.78, 5) is 27.3. The molecular weight excluding hydrogens is 407 g/mol. The van der Waals surface area contributed by atoms with Gasteiger partial charge in [0.25, 0.3) is 0 Å². The average molecular weight is 428 g/mol. The van der Waals surface area contributed by atoms with Crippen molar-refractivity contribution in [1.29, 1.82) is 0 Å². The van der Waals surface area contributed by atoms with Crippen molar-refractivity contribution >= 4 is 17.7 Å². The largest absolute Gasteiger partial charge is 0.460 e. The minimum atomic E-state index is -1.01. The third-order valence-electron chi connectivity index (χ3n) is 5.06. The summed E-state index contributed by atoms with van der Waals surface area (Å²) in [7, 11) is 1.49. The van der Waals surface area contributed by atoms with Crippen LogP contribution in [0.25, 0.3) is 0 Å². The van der Waals surface area contributed by atoms with Crippen LogP contribution >= 0.6 is 0 Å². The number of benzene rings is 2. The van der Waals surface area contributed by atoms with Gasteiger partial charge in [-0.3, -0.25) is 4.90 Å². The molecule has 0 radical (unpaired) electrons. The smallest absolute Gasteiger partial charge is 0.338 e. The zero-order chi connectivity index (χ0) is 22.0. The van der Waals surface area contributed by atoms with E-state index in [0.29, 0.717) is 22.9 Å². The summed E-state index contributed by atoms with van der Waals surface area (Å²) in [6.07, 6.45) is 0. The molecule has 0 bridgehead atoms. The number of carbonyl (C=O) groups is 2. The van der Waals surface area contributed by atoms with E-state index >= 15 is 0 Å². The van der Waals surface area contributed by atoms with Crippen molar-refractivity contribution in [1.82, 2.24) is 5.32 Å². The number of ether oxygens (including phenoxy) is 4. The van der Waals surface area contributed by atoms with E-state index in [1.165, 1.54) is 30.2 Å². The number of halogens is 1. The van der Waals surface area contributed by atoms with Gasteiger partial charge in [-0.15, -0.1) is 0 Å². The van der Waals surface area contributed by atoms with E-state index in [2.05, 4.69) is 5.32 Å². The van der Waals surface area contributed by atoms with E-state index in [1.807, 2.05) is 0 Å². The quantitative estimate of drug-likeness (QED) is 0.561. The number of methoxy groups -OCH3 is 1. The summed E-state index contributed by atoms with van der Waals surface area (Å²) in [6, 6.07) is 9.44. The number of urea groups is 1. The molecule has 2 heterocycles. The zero-order valence-corrected chi connectivity index (χ0v) is 17.0. The lowest BCUT2D eigenvalue weighted by Gasteiger charge is -2.35. The highest BCUT2D eigenvalue weighted by molar-refractivity contribution is 6.03. The van der Waals surface area contributed by atoms with Gasteiger partial charge < -0.3 is 24.3 Å². The van der Waals surface area contributed by atoms with Gasteiger partial charge >= 0.3 is 12.0 Å². The highest BCUT2D eigenvalue weighted by Crippen LogP contribution is 2.39. The van der Waals surface area contributed by atoms with Gasteiger partial charge in [0.2, 0.25) is 6.79 Å². The highest BCUT2D eigenvalue weighted by Gasteiger charge is 2.38. The molecule has 0 aromatic heterocycles. The van der Waals surface area contributed by atoms with Crippen molar-refractivity contribution in [3.63, 3.8) is 0 Å². The van der Waals surface area contributed by atoms with Crippen LogP contribution in [-0.4, -0.2) is 39.1 Å². The maximum absolute atomic E-state index is 14.6. The van der Waals surface area contributed by atoms with Crippen LogP contribution in [0.3, 0.4) is 0 Å². The van der Waals surface area contributed by atoms with Gasteiger partial charge in [-0.25, -0.2) is 14.0 Å². The van der Waals surface area contributed by atoms with Crippen molar-refractivity contribution in [2.75, 3.05) is 32.0 Å². The SMILES string of the molecule is COCCOC(=O)C1=C(C)N(c2ccc3c(c2)OCO3)C(=O)N[C@@H]1c1ccccc1F. The number of esters is 1. The van der Waals surface area contributed by atoms with Crippen molar-refractivity contribution < 1.29 is 32.9 Å². The van der Waals surface area contributed by atoms with Crippen LogP contribution in [0.1, 0.15) is 18.5 Å². The van der Waals surface area contributed by atoms with Crippen LogP contribution in [0.2, 0.25) is 0 Å². The fourth-order valence-corrected chi connectivity index (χ4v) is 3.58. The predicted molar refractivity (Wildman–Crippen MR) is 108 cm³/mol. The minimum Gasteiger partial charge on any atom is -0.460 e. The van der Waals surface area contributed by atoms with E-state index in [0.717, 1.165) is 0 Å². The molecule has 2 aliphatic heterocycles. The fraction of sp³-hybridized carbons (Fsp3) is 0.273. The van der Waals surface area contributed by atoms with Crippen LogP contribution in [0, 0.1) is 5.82 Å². The van der Waals surface area contributed by atoms with Gasteiger partial charge in [0.1, 0.15) is 12.4 Å². The second kappa shape index (κ2) is 8.65. The Balaban J connectivity index is 1.78. The van der Waals surface area contributed by atoms with E-state index in [-0.39, 0.29) is 31.1 Å². The van der Waals surface area contributed by atoms with Gasteiger partial charge in [0, 0.05) is 24.4 Å². The number of nitrogens with zero attached hydrogens (tertiary/aromatic N) is 1. The molecule has 8 nitrogen and oxygen atoms in total. The third-order valence-corrected chi connectivity index (χ3v) is 5.06. The molecule has 0 saturated heterocycles. The number of carbonyl (C=O) groups excluding carboxylic acids is 2. The van der Waals surface area contributed by atoms with Gasteiger partial charge in [0.05, 0.1) is 23.9 Å². The lowest BCUT2D eigenvalue weighted by molar-refractivity contribution is -0.140. The van der Waals surface area contributed by atoms with E-state index in [9.17, 15) is 14.0 Å². The molecule has 0 unspecified atom stereocenters. The minimum absolute atomic E-state index is 0.0219. The Kier molecular flexibility index (Phi) is 5.77. The Bertz CT molecular complexity index is 1050. The molecule has 9 heteroatoms. The molecule has 0 aliphatic carbocycles. The number of fused-ring (bicyclic) bond motifs is 1. The van der Waals surface area contributed by atoms with Crippen LogP contribution in [0.5, 0.6) is 11.5 Å². The van der Waals surface area contributed by atoms with Crippen LogP contribution in [0.15, 0.2) is 53.7 Å². The van der Waals surface area contributed by atoms with Gasteiger partial charge in [-0.2, -0.15) is 0 Å². The molecule has 4 rings (SSSR count). The number of anilines is 1. The van der Waals surface area contributed by atoms with Crippen molar-refractivity contribution in [2.24, 2.45) is 0 Å². The molecule has 1 N–H and O–H groups in total. The van der Waals surface area contributed by atoms with Crippen molar-refractivity contribution in [3.05, 3.63) is 65.1 Å². The molecule has 31 heavy (non-hydrogen) atoms. The molecule has 162 valence electrons. The molecule has 0 spiro atoms. The standard InChI is InChI=1S/C22H21FN2O6/c1-13-19(21(26)29-10-9-28-2)20(15-5-3-4-6-16(15)23)24-22(27)25(13)14-7-8-17-18(11-14)31-12-30-17/h3-8,11,20H,9-10,12H2,1-2H3,(H,24,27)/t20-/m1/s1. The number of rotatable bonds is 6. The zero-order valence-electron chi connectivity index (χ0n) is 17.0. The second-order valence-corrected chi connectivity index (χ2v) is 6.90. The van der Waals surface area contributed by atoms with Gasteiger partial charge in [-0.1, -0.05) is 18.2 Å². The molecule has 0 saturated carbocycles. The molecule has 2 aromatic carbocycles. The summed E-state index contributed by atoms with van der Waals surface area (Å²) in [5.74, 6) is -0.169. The van der Waals surface area contributed by atoms with Crippen LogP contribution in [0.4, 0.5) is 14.9 Å². The summed E-state index contributed by atoms with van der Waals surface area (Å²) < 4.78 is 35.5. The van der Waals surface area contributed by atoms with E-state index < -0.39 is 23.9 Å². The van der Waals surface area contributed by atoms with Gasteiger partial charge in [0.15, 0.2) is 11.5 Å². The van der Waals surface area contributed by atoms with Crippen LogP contribution < -0.4 is 19.7 Å². The average Bonchev–Trinajstić information content (AvgIpc) is 3.22. The second-order valence-electron chi connectivity index (χ2n) is 6.90. The maximum atomic E-state index is 14.6. The van der Waals surface area contributed by atoms with Gasteiger partial charge in [-0.05, 0) is 25.1 Å². The van der Waals surface area contributed by atoms with Crippen LogP contribution in [-0.2, 0) is 14.3 Å². The molecule has 2 amide bonds. The summed E-state index contributed by atoms with van der Waals surface area (Å²) in [5, 5.41) is 2.73. The summed E-state index contributed by atoms with van der Waals surface area (Å²) in [5.41, 5.74) is 1.07. The van der Waals surface area contributed by atoms with Crippen molar-refractivity contribution in [2.45, 2.75) is 13.0 Å². The monoisotopic (exact) mass is 428 g/mol. The number of amides is 2. The number of allylic oxidation sites excluding steroid dienone is 1. The molecule has 2 aromatic rings. The first-order valence-corrected chi connectivity index (χ1v) is 9.62. The van der Waals surface area contributed by atoms with Crippen molar-refractivity contribution in [3.8, 4) is 11.5 Å². The lowest BCUT2D eigenvalue weighted by Crippen LogP contribution is -2.48. The lowest BCUT2D eigenvalue weighted by atomic mass is 9.94. The molecular formula is C22H21FN2O6.